The summed E-state index contributed by atoms with van der Waals surface area (Å²) in [6, 6.07) is 23.9. The Labute approximate surface area is 258 Å². The van der Waals surface area contributed by atoms with Crippen LogP contribution in [0.3, 0.4) is 0 Å². The average molecular weight is 576 g/mol. The first-order valence-electron chi connectivity index (χ1n) is 15.2. The minimum atomic E-state index is 0.00618. The molecule has 44 heavy (non-hydrogen) atoms. The highest BCUT2D eigenvalue weighted by molar-refractivity contribution is 5.94. The van der Waals surface area contributed by atoms with Crippen molar-refractivity contribution < 1.29 is 0 Å². The van der Waals surface area contributed by atoms with E-state index in [0.717, 1.165) is 61.5 Å². The number of nitrogens with one attached hydrogen (secondary N) is 2. The van der Waals surface area contributed by atoms with Crippen LogP contribution in [0.5, 0.6) is 0 Å². The summed E-state index contributed by atoms with van der Waals surface area (Å²) in [5.74, 6) is 0. The van der Waals surface area contributed by atoms with Crippen molar-refractivity contribution in [2.24, 2.45) is 0 Å². The monoisotopic (exact) mass is 575 g/mol. The highest BCUT2D eigenvalue weighted by Gasteiger charge is 2.22. The predicted octanol–water partition coefficient (Wildman–Crippen LogP) is 9.98. The molecule has 0 spiro atoms. The van der Waals surface area contributed by atoms with E-state index < -0.39 is 0 Å². The predicted molar refractivity (Wildman–Crippen MR) is 185 cm³/mol. The summed E-state index contributed by atoms with van der Waals surface area (Å²) >= 11 is 0. The molecular formula is C39H37N5. The van der Waals surface area contributed by atoms with Crippen molar-refractivity contribution in [3.05, 3.63) is 113 Å². The van der Waals surface area contributed by atoms with Gasteiger partial charge < -0.3 is 9.97 Å². The highest BCUT2D eigenvalue weighted by Crippen LogP contribution is 2.37. The number of aromatic amines is 2. The smallest absolute Gasteiger partial charge is 0.0738 e. The van der Waals surface area contributed by atoms with Crippen LogP contribution in [0.1, 0.15) is 75.4 Å². The van der Waals surface area contributed by atoms with Gasteiger partial charge in [0.2, 0.25) is 0 Å². The van der Waals surface area contributed by atoms with Gasteiger partial charge in [-0.15, -0.1) is 0 Å². The zero-order valence-electron chi connectivity index (χ0n) is 26.2. The lowest BCUT2D eigenvalue weighted by Crippen LogP contribution is -2.16. The first-order valence-corrected chi connectivity index (χ1v) is 15.2. The Bertz CT molecular complexity index is 2000. The Morgan fingerprint density at radius 3 is 1.57 bits per heavy atom. The maximum atomic E-state index is 5.03. The SMILES string of the molecule is CC(C)(C)c1cc(-c2c3ccc(cc4nc(c(-c5cccnc5)c5nc(cc6ccc2[nH]6)C=C5)C=C4)[nH]3)cc(C(C)(C)C)c1. The van der Waals surface area contributed by atoms with Crippen LogP contribution in [-0.4, -0.2) is 24.9 Å². The van der Waals surface area contributed by atoms with Crippen LogP contribution >= 0.6 is 0 Å². The van der Waals surface area contributed by atoms with Crippen molar-refractivity contribution in [2.75, 3.05) is 0 Å². The summed E-state index contributed by atoms with van der Waals surface area (Å²) in [7, 11) is 0. The Hall–Kier alpha value is -5.03. The van der Waals surface area contributed by atoms with Crippen molar-refractivity contribution in [3.8, 4) is 22.3 Å². The molecule has 5 heteroatoms. The van der Waals surface area contributed by atoms with Gasteiger partial charge in [-0.05, 0) is 94.3 Å². The minimum absolute atomic E-state index is 0.00618. The molecule has 4 aromatic heterocycles. The summed E-state index contributed by atoms with van der Waals surface area (Å²) in [6.45, 7) is 13.7. The van der Waals surface area contributed by atoms with Crippen LogP contribution < -0.4 is 0 Å². The van der Waals surface area contributed by atoms with Gasteiger partial charge in [0.25, 0.3) is 0 Å². The quantitative estimate of drug-likeness (QED) is 0.215. The van der Waals surface area contributed by atoms with E-state index in [1.54, 1.807) is 6.20 Å². The zero-order valence-corrected chi connectivity index (χ0v) is 26.2. The third kappa shape index (κ3) is 5.30. The molecule has 0 unspecified atom stereocenters. The topological polar surface area (TPSA) is 70.2 Å². The van der Waals surface area contributed by atoms with Gasteiger partial charge in [-0.1, -0.05) is 65.8 Å². The number of hydrogen-bond donors (Lipinski definition) is 2. The van der Waals surface area contributed by atoms with E-state index in [0.29, 0.717) is 0 Å². The molecule has 2 N–H and O–H groups in total. The average Bonchev–Trinajstić information content (AvgIpc) is 3.79. The maximum absolute atomic E-state index is 5.03. The van der Waals surface area contributed by atoms with Crippen LogP contribution in [0.15, 0.2) is 79.1 Å². The third-order valence-electron chi connectivity index (χ3n) is 8.30. The summed E-state index contributed by atoms with van der Waals surface area (Å²) in [4.78, 5) is 21.8. The number of hydrogen-bond acceptors (Lipinski definition) is 3. The van der Waals surface area contributed by atoms with Crippen molar-refractivity contribution in [1.29, 1.82) is 0 Å². The normalized spacial score (nSPS) is 13.0. The van der Waals surface area contributed by atoms with Gasteiger partial charge in [-0.2, -0.15) is 0 Å². The standard InChI is InChI=1S/C39H37N5/c1-38(2,3)26-18-25(19-27(20-26)39(4,5)6)37-34-15-11-30(43-34)21-28-9-13-32(41-28)36(24-8-7-17-40-23-24)33-14-10-29(42-33)22-31-12-16-35(37)44-31/h7-23,43-44H,1-6H3. The van der Waals surface area contributed by atoms with E-state index >= 15 is 0 Å². The van der Waals surface area contributed by atoms with E-state index in [9.17, 15) is 0 Å². The van der Waals surface area contributed by atoms with Gasteiger partial charge in [0.15, 0.2) is 0 Å². The fourth-order valence-corrected chi connectivity index (χ4v) is 5.83. The van der Waals surface area contributed by atoms with Crippen molar-refractivity contribution >= 4 is 46.4 Å². The van der Waals surface area contributed by atoms with E-state index in [4.69, 9.17) is 9.97 Å². The van der Waals surface area contributed by atoms with Gasteiger partial charge in [0.05, 0.1) is 22.8 Å². The van der Waals surface area contributed by atoms with E-state index in [1.807, 2.05) is 12.3 Å². The van der Waals surface area contributed by atoms with Crippen LogP contribution in [0.2, 0.25) is 0 Å². The van der Waals surface area contributed by atoms with Crippen molar-refractivity contribution in [3.63, 3.8) is 0 Å². The molecule has 0 amide bonds. The van der Waals surface area contributed by atoms with Crippen LogP contribution in [-0.2, 0) is 10.8 Å². The van der Waals surface area contributed by atoms with Crippen molar-refractivity contribution in [2.45, 2.75) is 52.4 Å². The zero-order chi connectivity index (χ0) is 30.6. The second-order valence-electron chi connectivity index (χ2n) is 13.7. The lowest BCUT2D eigenvalue weighted by molar-refractivity contribution is 0.569. The van der Waals surface area contributed by atoms with Gasteiger partial charge in [0.1, 0.15) is 0 Å². The number of fused-ring (bicyclic) bond motifs is 8. The van der Waals surface area contributed by atoms with E-state index in [2.05, 4.69) is 141 Å². The van der Waals surface area contributed by atoms with Gasteiger partial charge in [-0.25, -0.2) is 9.97 Å². The first-order chi connectivity index (χ1) is 21.0. The number of H-pyrrole nitrogens is 2. The molecule has 5 nitrogen and oxygen atoms in total. The van der Waals surface area contributed by atoms with Crippen LogP contribution in [0, 0.1) is 0 Å². The number of aromatic nitrogens is 5. The molecule has 0 saturated carbocycles. The Morgan fingerprint density at radius 2 is 1.09 bits per heavy atom. The molecule has 7 rings (SSSR count). The summed E-state index contributed by atoms with van der Waals surface area (Å²) < 4.78 is 0. The lowest BCUT2D eigenvalue weighted by atomic mass is 9.79. The number of pyridine rings is 1. The van der Waals surface area contributed by atoms with E-state index in [-0.39, 0.29) is 10.8 Å². The Balaban J connectivity index is 1.56. The number of nitrogens with zero attached hydrogens (tertiary/aromatic N) is 3. The fraction of sp³-hybridized carbons (Fsp3) is 0.205. The molecule has 2 aliphatic heterocycles. The molecule has 218 valence electrons. The molecule has 0 aliphatic carbocycles. The molecular weight excluding hydrogens is 538 g/mol. The summed E-state index contributed by atoms with van der Waals surface area (Å²) in [5.41, 5.74) is 14.5. The van der Waals surface area contributed by atoms with Gasteiger partial charge >= 0.3 is 0 Å². The molecule has 2 aliphatic rings. The minimum Gasteiger partial charge on any atom is -0.355 e. The van der Waals surface area contributed by atoms with Gasteiger partial charge in [-0.3, -0.25) is 4.98 Å². The molecule has 1 aromatic carbocycles. The largest absolute Gasteiger partial charge is 0.355 e. The van der Waals surface area contributed by atoms with E-state index in [1.165, 1.54) is 16.7 Å². The van der Waals surface area contributed by atoms with Crippen LogP contribution in [0.4, 0.5) is 0 Å². The Kier molecular flexibility index (Phi) is 6.51. The Morgan fingerprint density at radius 1 is 0.545 bits per heavy atom. The molecule has 6 heterocycles. The lowest BCUT2D eigenvalue weighted by Gasteiger charge is -2.26. The molecule has 0 saturated heterocycles. The fourth-order valence-electron chi connectivity index (χ4n) is 5.83. The molecule has 0 radical (unpaired) electrons. The van der Waals surface area contributed by atoms with Crippen LogP contribution in [0.25, 0.3) is 68.6 Å². The van der Waals surface area contributed by atoms with Crippen molar-refractivity contribution in [1.82, 2.24) is 24.9 Å². The maximum Gasteiger partial charge on any atom is 0.0738 e. The van der Waals surface area contributed by atoms with Gasteiger partial charge in [0, 0.05) is 51.2 Å². The number of rotatable bonds is 2. The third-order valence-corrected chi connectivity index (χ3v) is 8.30. The highest BCUT2D eigenvalue weighted by atomic mass is 14.8. The second-order valence-corrected chi connectivity index (χ2v) is 13.7. The second kappa shape index (κ2) is 10.3. The summed E-state index contributed by atoms with van der Waals surface area (Å²) in [5, 5.41) is 0. The molecule has 5 aromatic rings. The number of benzene rings is 1. The summed E-state index contributed by atoms with van der Waals surface area (Å²) in [6.07, 6.45) is 11.9. The molecule has 0 atom stereocenters. The molecule has 0 fully saturated rings. The molecule has 8 bridgehead atoms. The first kappa shape index (κ1) is 27.8.